The standard InChI is InChI=1S/C14H20N2O3S/c1-3-16(4-2)20(18,19)15-12-14-9-7-13(8-10-14)6-5-11-17/h7-10,15,17H,3-4,11-12H2,1-2H3. The predicted molar refractivity (Wildman–Crippen MR) is 79.1 cm³/mol. The van der Waals surface area contributed by atoms with Gasteiger partial charge in [-0.3, -0.25) is 0 Å². The van der Waals surface area contributed by atoms with Crippen LogP contribution in [0.25, 0.3) is 0 Å². The quantitative estimate of drug-likeness (QED) is 0.760. The Hall–Kier alpha value is -1.39. The number of nitrogens with one attached hydrogen (secondary N) is 1. The molecule has 0 amide bonds. The lowest BCUT2D eigenvalue weighted by Crippen LogP contribution is -2.40. The predicted octanol–water partition coefficient (Wildman–Crippen LogP) is 0.707. The van der Waals surface area contributed by atoms with Gasteiger partial charge in [-0.1, -0.05) is 37.8 Å². The van der Waals surface area contributed by atoms with Crippen LogP contribution in [0.4, 0.5) is 0 Å². The van der Waals surface area contributed by atoms with Crippen LogP contribution in [-0.4, -0.2) is 37.5 Å². The summed E-state index contributed by atoms with van der Waals surface area (Å²) in [4.78, 5) is 0. The number of benzene rings is 1. The van der Waals surface area contributed by atoms with Crippen molar-refractivity contribution < 1.29 is 13.5 Å². The van der Waals surface area contributed by atoms with Crippen molar-refractivity contribution in [1.82, 2.24) is 9.03 Å². The van der Waals surface area contributed by atoms with E-state index in [9.17, 15) is 8.42 Å². The molecule has 0 atom stereocenters. The molecule has 0 aliphatic rings. The van der Waals surface area contributed by atoms with E-state index < -0.39 is 10.2 Å². The SMILES string of the molecule is CCN(CC)S(=O)(=O)NCc1ccc(C#CCO)cc1. The summed E-state index contributed by atoms with van der Waals surface area (Å²) in [7, 11) is -3.42. The molecule has 20 heavy (non-hydrogen) atoms. The maximum absolute atomic E-state index is 11.9. The van der Waals surface area contributed by atoms with E-state index in [0.717, 1.165) is 11.1 Å². The molecule has 0 fully saturated rings. The van der Waals surface area contributed by atoms with Gasteiger partial charge in [0.2, 0.25) is 0 Å². The topological polar surface area (TPSA) is 69.6 Å². The summed E-state index contributed by atoms with van der Waals surface area (Å²) >= 11 is 0. The highest BCUT2D eigenvalue weighted by atomic mass is 32.2. The average Bonchev–Trinajstić information content (AvgIpc) is 2.45. The molecule has 0 spiro atoms. The molecule has 1 aromatic rings. The molecule has 0 aliphatic carbocycles. The van der Waals surface area contributed by atoms with Gasteiger partial charge in [-0.05, 0) is 17.7 Å². The van der Waals surface area contributed by atoms with Gasteiger partial charge in [0.1, 0.15) is 6.61 Å². The van der Waals surface area contributed by atoms with E-state index in [2.05, 4.69) is 16.6 Å². The third-order valence-corrected chi connectivity index (χ3v) is 4.48. The molecule has 0 aromatic heterocycles. The molecule has 0 unspecified atom stereocenters. The molecule has 0 saturated carbocycles. The fourth-order valence-corrected chi connectivity index (χ4v) is 2.89. The minimum Gasteiger partial charge on any atom is -0.384 e. The summed E-state index contributed by atoms with van der Waals surface area (Å²) < 4.78 is 27.8. The van der Waals surface area contributed by atoms with Crippen LogP contribution in [0.3, 0.4) is 0 Å². The smallest absolute Gasteiger partial charge is 0.279 e. The van der Waals surface area contributed by atoms with Crippen molar-refractivity contribution in [3.05, 3.63) is 35.4 Å². The van der Waals surface area contributed by atoms with E-state index in [1.54, 1.807) is 26.0 Å². The third-order valence-electron chi connectivity index (χ3n) is 2.77. The lowest BCUT2D eigenvalue weighted by atomic mass is 10.1. The number of aliphatic hydroxyl groups is 1. The van der Waals surface area contributed by atoms with Crippen molar-refractivity contribution in [1.29, 1.82) is 0 Å². The zero-order valence-electron chi connectivity index (χ0n) is 11.8. The summed E-state index contributed by atoms with van der Waals surface area (Å²) in [6, 6.07) is 7.21. The summed E-state index contributed by atoms with van der Waals surface area (Å²) in [5.41, 5.74) is 1.64. The Balaban J connectivity index is 2.66. The first kappa shape index (κ1) is 16.7. The lowest BCUT2D eigenvalue weighted by Gasteiger charge is -2.18. The summed E-state index contributed by atoms with van der Waals surface area (Å²) in [6.07, 6.45) is 0. The Bertz CT molecular complexity index is 567. The van der Waals surface area contributed by atoms with Crippen molar-refractivity contribution in [2.24, 2.45) is 0 Å². The summed E-state index contributed by atoms with van der Waals surface area (Å²) in [5, 5.41) is 8.60. The monoisotopic (exact) mass is 296 g/mol. The highest BCUT2D eigenvalue weighted by Crippen LogP contribution is 2.05. The molecule has 0 radical (unpaired) electrons. The number of rotatable bonds is 6. The Morgan fingerprint density at radius 2 is 1.80 bits per heavy atom. The van der Waals surface area contributed by atoms with Gasteiger partial charge in [0.05, 0.1) is 0 Å². The molecular formula is C14H20N2O3S. The van der Waals surface area contributed by atoms with Crippen molar-refractivity contribution in [2.75, 3.05) is 19.7 Å². The van der Waals surface area contributed by atoms with Crippen LogP contribution >= 0.6 is 0 Å². The van der Waals surface area contributed by atoms with E-state index in [1.165, 1.54) is 4.31 Å². The van der Waals surface area contributed by atoms with Gasteiger partial charge in [0.25, 0.3) is 10.2 Å². The molecule has 1 rings (SSSR count). The molecule has 1 aromatic carbocycles. The Labute approximate surface area is 120 Å². The summed E-state index contributed by atoms with van der Waals surface area (Å²) in [5.74, 6) is 5.34. The van der Waals surface area contributed by atoms with Gasteiger partial charge >= 0.3 is 0 Å². The van der Waals surface area contributed by atoms with Crippen molar-refractivity contribution in [3.8, 4) is 11.8 Å². The molecule has 0 heterocycles. The van der Waals surface area contributed by atoms with Crippen molar-refractivity contribution >= 4 is 10.2 Å². The fraction of sp³-hybridized carbons (Fsp3) is 0.429. The molecule has 0 saturated heterocycles. The zero-order valence-corrected chi connectivity index (χ0v) is 12.6. The van der Waals surface area contributed by atoms with E-state index in [4.69, 9.17) is 5.11 Å². The minimum absolute atomic E-state index is 0.175. The largest absolute Gasteiger partial charge is 0.384 e. The highest BCUT2D eigenvalue weighted by Gasteiger charge is 2.17. The molecule has 0 aliphatic heterocycles. The number of aliphatic hydroxyl groups excluding tert-OH is 1. The van der Waals surface area contributed by atoms with E-state index in [1.807, 2.05) is 12.1 Å². The van der Waals surface area contributed by atoms with Crippen molar-refractivity contribution in [3.63, 3.8) is 0 Å². The van der Waals surface area contributed by atoms with E-state index >= 15 is 0 Å². The first-order chi connectivity index (χ1) is 9.53. The average molecular weight is 296 g/mol. The number of hydrogen-bond acceptors (Lipinski definition) is 3. The minimum atomic E-state index is -3.42. The van der Waals surface area contributed by atoms with Crippen LogP contribution in [-0.2, 0) is 16.8 Å². The molecule has 2 N–H and O–H groups in total. The number of nitrogens with zero attached hydrogens (tertiary/aromatic N) is 1. The second kappa shape index (κ2) is 8.02. The van der Waals surface area contributed by atoms with Crippen LogP contribution in [0.5, 0.6) is 0 Å². The van der Waals surface area contributed by atoms with Crippen LogP contribution in [0.15, 0.2) is 24.3 Å². The van der Waals surface area contributed by atoms with Crippen LogP contribution in [0.2, 0.25) is 0 Å². The normalized spacial score (nSPS) is 11.2. The molecule has 110 valence electrons. The maximum atomic E-state index is 11.9. The molecule has 5 nitrogen and oxygen atoms in total. The molecular weight excluding hydrogens is 276 g/mol. The van der Waals surface area contributed by atoms with E-state index in [-0.39, 0.29) is 13.2 Å². The van der Waals surface area contributed by atoms with Gasteiger partial charge < -0.3 is 5.11 Å². The van der Waals surface area contributed by atoms with E-state index in [0.29, 0.717) is 13.1 Å². The van der Waals surface area contributed by atoms with Gasteiger partial charge in [-0.25, -0.2) is 0 Å². The first-order valence-electron chi connectivity index (χ1n) is 6.46. The van der Waals surface area contributed by atoms with Gasteiger partial charge in [-0.15, -0.1) is 0 Å². The Morgan fingerprint density at radius 1 is 1.20 bits per heavy atom. The van der Waals surface area contributed by atoms with Crippen LogP contribution < -0.4 is 4.72 Å². The zero-order chi connectivity index (χ0) is 15.0. The summed E-state index contributed by atoms with van der Waals surface area (Å²) in [6.45, 7) is 4.57. The van der Waals surface area contributed by atoms with Gasteiger partial charge in [0.15, 0.2) is 0 Å². The van der Waals surface area contributed by atoms with Gasteiger partial charge in [0, 0.05) is 25.2 Å². The van der Waals surface area contributed by atoms with Crippen LogP contribution in [0.1, 0.15) is 25.0 Å². The second-order valence-electron chi connectivity index (χ2n) is 4.07. The Kier molecular flexibility index (Phi) is 6.68. The first-order valence-corrected chi connectivity index (χ1v) is 7.91. The maximum Gasteiger partial charge on any atom is 0.279 e. The number of hydrogen-bond donors (Lipinski definition) is 2. The van der Waals surface area contributed by atoms with Crippen LogP contribution in [0, 0.1) is 11.8 Å². The molecule has 0 bridgehead atoms. The van der Waals surface area contributed by atoms with Crippen molar-refractivity contribution in [2.45, 2.75) is 20.4 Å². The molecule has 6 heteroatoms. The third kappa shape index (κ3) is 4.94. The Morgan fingerprint density at radius 3 is 2.30 bits per heavy atom. The lowest BCUT2D eigenvalue weighted by molar-refractivity contribution is 0.350. The van der Waals surface area contributed by atoms with Gasteiger partial charge in [-0.2, -0.15) is 17.4 Å². The second-order valence-corrected chi connectivity index (χ2v) is 5.82. The fourth-order valence-electron chi connectivity index (χ4n) is 1.68. The highest BCUT2D eigenvalue weighted by molar-refractivity contribution is 7.87.